The highest BCUT2D eigenvalue weighted by Gasteiger charge is 2.31. The van der Waals surface area contributed by atoms with E-state index in [2.05, 4.69) is 0 Å². The summed E-state index contributed by atoms with van der Waals surface area (Å²) in [4.78, 5) is 20.8. The van der Waals surface area contributed by atoms with Gasteiger partial charge in [-0.2, -0.15) is 0 Å². The first-order valence-corrected chi connectivity index (χ1v) is 7.65. The molecule has 0 bridgehead atoms. The van der Waals surface area contributed by atoms with Crippen molar-refractivity contribution in [3.8, 4) is 0 Å². The highest BCUT2D eigenvalue weighted by Crippen LogP contribution is 2.25. The van der Waals surface area contributed by atoms with E-state index in [9.17, 15) is 23.3 Å². The van der Waals surface area contributed by atoms with Crippen LogP contribution in [0.5, 0.6) is 0 Å². The lowest BCUT2D eigenvalue weighted by Gasteiger charge is -2.12. The van der Waals surface area contributed by atoms with E-state index in [-0.39, 0.29) is 22.7 Å². The lowest BCUT2D eigenvalue weighted by molar-refractivity contribution is -0.384. The number of hydrogen-bond donors (Lipinski definition) is 1. The quantitative estimate of drug-likeness (QED) is 0.633. The molecule has 0 fully saturated rings. The Hall–Kier alpha value is -1.67. The topological polar surface area (TPSA) is 115 Å². The molecule has 1 N–H and O–H groups in total. The predicted molar refractivity (Wildman–Crippen MR) is 72.4 cm³/mol. The summed E-state index contributed by atoms with van der Waals surface area (Å²) in [6.07, 6.45) is -0.0672. The van der Waals surface area contributed by atoms with Gasteiger partial charge in [0.25, 0.3) is 5.69 Å². The van der Waals surface area contributed by atoms with E-state index < -0.39 is 31.7 Å². The molecule has 0 radical (unpaired) electrons. The number of carboxylic acid groups (broad SMARTS) is 1. The van der Waals surface area contributed by atoms with E-state index in [1.165, 1.54) is 13.0 Å². The van der Waals surface area contributed by atoms with Gasteiger partial charge in [0.15, 0.2) is 15.1 Å². The van der Waals surface area contributed by atoms with Crippen LogP contribution in [0.4, 0.5) is 5.69 Å². The molecule has 0 heterocycles. The Morgan fingerprint density at radius 2 is 2.10 bits per heavy atom. The number of hydrogen-bond acceptors (Lipinski definition) is 5. The maximum atomic E-state index is 12.0. The second-order valence-corrected chi connectivity index (χ2v) is 6.67. The fraction of sp³-hybridized carbons (Fsp3) is 0.364. The number of benzene rings is 1. The van der Waals surface area contributed by atoms with Crippen LogP contribution in [0.25, 0.3) is 0 Å². The van der Waals surface area contributed by atoms with Crippen molar-refractivity contribution in [2.75, 3.05) is 0 Å². The molecule has 0 spiro atoms. The van der Waals surface area contributed by atoms with Crippen LogP contribution in [0.3, 0.4) is 0 Å². The highest BCUT2D eigenvalue weighted by molar-refractivity contribution is 7.92. The summed E-state index contributed by atoms with van der Waals surface area (Å²) < 4.78 is 23.9. The average molecular weight is 322 g/mol. The monoisotopic (exact) mass is 321 g/mol. The van der Waals surface area contributed by atoms with E-state index in [4.69, 9.17) is 16.7 Å². The van der Waals surface area contributed by atoms with Crippen molar-refractivity contribution >= 4 is 33.1 Å². The zero-order valence-corrected chi connectivity index (χ0v) is 12.0. The second kappa shape index (κ2) is 6.19. The maximum absolute atomic E-state index is 12.0. The summed E-state index contributed by atoms with van der Waals surface area (Å²) in [5.74, 6) is -2.00. The van der Waals surface area contributed by atoms with Gasteiger partial charge in [0, 0.05) is 12.1 Å². The summed E-state index contributed by atoms with van der Waals surface area (Å²) in [7, 11) is -3.93. The van der Waals surface area contributed by atoms with E-state index in [1.54, 1.807) is 0 Å². The van der Waals surface area contributed by atoms with Crippen LogP contribution in [0.15, 0.2) is 18.2 Å². The molecule has 0 aliphatic carbocycles. The van der Waals surface area contributed by atoms with Gasteiger partial charge in [0.1, 0.15) is 0 Å². The van der Waals surface area contributed by atoms with Crippen molar-refractivity contribution in [2.24, 2.45) is 0 Å². The number of halogens is 1. The molecule has 0 aromatic heterocycles. The number of nitro benzene ring substituents is 1. The molecule has 0 aliphatic heterocycles. The lowest BCUT2D eigenvalue weighted by atomic mass is 10.2. The Labute approximate surface area is 120 Å². The first kappa shape index (κ1) is 16.4. The Bertz CT molecular complexity index is 642. The smallest absolute Gasteiger partial charge is 0.321 e. The molecule has 0 amide bonds. The van der Waals surface area contributed by atoms with E-state index in [0.29, 0.717) is 0 Å². The summed E-state index contributed by atoms with van der Waals surface area (Å²) >= 11 is 5.79. The number of carboxylic acids is 1. The summed E-state index contributed by atoms with van der Waals surface area (Å²) in [6.45, 7) is 1.45. The molecule has 20 heavy (non-hydrogen) atoms. The van der Waals surface area contributed by atoms with Gasteiger partial charge in [-0.05, 0) is 18.1 Å². The Morgan fingerprint density at radius 3 is 2.50 bits per heavy atom. The average Bonchev–Trinajstić information content (AvgIpc) is 2.31. The van der Waals surface area contributed by atoms with Crippen molar-refractivity contribution < 1.29 is 23.2 Å². The number of nitro groups is 1. The van der Waals surface area contributed by atoms with Crippen molar-refractivity contribution in [1.29, 1.82) is 0 Å². The Morgan fingerprint density at radius 1 is 1.50 bits per heavy atom. The number of nitrogens with zero attached hydrogens (tertiary/aromatic N) is 1. The number of rotatable bonds is 6. The summed E-state index contributed by atoms with van der Waals surface area (Å²) in [6, 6.07) is 3.37. The van der Waals surface area contributed by atoms with Crippen LogP contribution in [-0.4, -0.2) is 29.7 Å². The predicted octanol–water partition coefficient (Wildman–Crippen LogP) is 2.03. The van der Waals surface area contributed by atoms with Crippen LogP contribution in [0.1, 0.15) is 18.9 Å². The summed E-state index contributed by atoms with van der Waals surface area (Å²) in [5, 5.41) is 17.8. The fourth-order valence-electron chi connectivity index (χ4n) is 1.67. The van der Waals surface area contributed by atoms with Gasteiger partial charge in [0.2, 0.25) is 0 Å². The van der Waals surface area contributed by atoms with Crippen LogP contribution >= 0.6 is 11.6 Å². The van der Waals surface area contributed by atoms with Crippen molar-refractivity contribution in [3.05, 3.63) is 38.9 Å². The van der Waals surface area contributed by atoms with Crippen molar-refractivity contribution in [2.45, 2.75) is 24.3 Å². The van der Waals surface area contributed by atoms with Gasteiger partial charge in [-0.15, -0.1) is 0 Å². The van der Waals surface area contributed by atoms with Gasteiger partial charge in [0.05, 0.1) is 15.7 Å². The fourth-order valence-corrected chi connectivity index (χ4v) is 3.69. The number of non-ortho nitro benzene ring substituents is 1. The first-order chi connectivity index (χ1) is 9.19. The first-order valence-electron chi connectivity index (χ1n) is 5.56. The Kier molecular flexibility index (Phi) is 5.07. The van der Waals surface area contributed by atoms with Crippen LogP contribution in [-0.2, 0) is 20.4 Å². The largest absolute Gasteiger partial charge is 0.480 e. The number of sulfone groups is 1. The molecule has 0 saturated carbocycles. The van der Waals surface area contributed by atoms with Crippen molar-refractivity contribution in [1.82, 2.24) is 0 Å². The van der Waals surface area contributed by atoms with Crippen LogP contribution in [0, 0.1) is 10.1 Å². The molecule has 0 aliphatic rings. The van der Waals surface area contributed by atoms with E-state index >= 15 is 0 Å². The van der Waals surface area contributed by atoms with Crippen LogP contribution < -0.4 is 0 Å². The van der Waals surface area contributed by atoms with Crippen LogP contribution in [0.2, 0.25) is 5.02 Å². The third-order valence-corrected chi connectivity index (χ3v) is 5.15. The molecule has 1 aromatic carbocycles. The summed E-state index contributed by atoms with van der Waals surface area (Å²) in [5.41, 5.74) is -0.126. The van der Waals surface area contributed by atoms with Gasteiger partial charge >= 0.3 is 5.97 Å². The molecule has 1 unspecified atom stereocenters. The van der Waals surface area contributed by atoms with Gasteiger partial charge < -0.3 is 5.11 Å². The number of carbonyl (C=O) groups is 1. The molecule has 1 atom stereocenters. The minimum atomic E-state index is -3.93. The number of aliphatic carboxylic acids is 1. The normalized spacial score (nSPS) is 12.9. The maximum Gasteiger partial charge on any atom is 0.321 e. The molecule has 1 aromatic rings. The van der Waals surface area contributed by atoms with Crippen molar-refractivity contribution in [3.63, 3.8) is 0 Å². The van der Waals surface area contributed by atoms with Gasteiger partial charge in [-0.25, -0.2) is 8.42 Å². The SMILES string of the molecule is CCC(C(=O)O)S(=O)(=O)Cc1ccc([N+](=O)[O-])cc1Cl. The highest BCUT2D eigenvalue weighted by atomic mass is 35.5. The third kappa shape index (κ3) is 3.67. The zero-order valence-electron chi connectivity index (χ0n) is 10.4. The Balaban J connectivity index is 3.10. The molecule has 0 saturated heterocycles. The lowest BCUT2D eigenvalue weighted by Crippen LogP contribution is -2.30. The minimum absolute atomic E-state index is 0.0672. The second-order valence-electron chi connectivity index (χ2n) is 4.08. The molecular formula is C11H12ClNO6S. The van der Waals surface area contributed by atoms with Gasteiger partial charge in [-0.1, -0.05) is 18.5 Å². The standard InChI is InChI=1S/C11H12ClNO6S/c1-2-10(11(14)15)20(18,19)6-7-3-4-8(13(16)17)5-9(7)12/h3-5,10H,2,6H2,1H3,(H,14,15). The third-order valence-electron chi connectivity index (χ3n) is 2.68. The van der Waals surface area contributed by atoms with E-state index in [1.807, 2.05) is 0 Å². The minimum Gasteiger partial charge on any atom is -0.480 e. The molecule has 110 valence electrons. The van der Waals surface area contributed by atoms with Gasteiger partial charge in [-0.3, -0.25) is 14.9 Å². The molecule has 9 heteroatoms. The molecule has 7 nitrogen and oxygen atoms in total. The zero-order chi connectivity index (χ0) is 15.5. The van der Waals surface area contributed by atoms with E-state index in [0.717, 1.165) is 12.1 Å². The molecule has 1 rings (SSSR count). The molecular weight excluding hydrogens is 310 g/mol.